The molecule has 4 N–H and O–H groups in total. The zero-order valence-corrected chi connectivity index (χ0v) is 26.5. The summed E-state index contributed by atoms with van der Waals surface area (Å²) < 4.78 is 28.4. The van der Waals surface area contributed by atoms with Gasteiger partial charge in [-0.25, -0.2) is 8.78 Å². The van der Waals surface area contributed by atoms with Gasteiger partial charge >= 0.3 is 0 Å². The SMILES string of the molecule is CCCN(CCC)C(=O)C1(CCCNC2(c3ccccc3)CCCC2)CC(C)=C[C@](Cc2cc(F)cc(F)c2)(C(N)=O)[C@@H]1O. The highest BCUT2D eigenvalue weighted by molar-refractivity contribution is 5.90. The predicted octanol–water partition coefficient (Wildman–Crippen LogP) is 6.16. The van der Waals surface area contributed by atoms with Crippen molar-refractivity contribution in [2.24, 2.45) is 16.6 Å². The maximum Gasteiger partial charge on any atom is 0.231 e. The van der Waals surface area contributed by atoms with Crippen LogP contribution in [0.2, 0.25) is 0 Å². The van der Waals surface area contributed by atoms with Crippen LogP contribution in [-0.2, 0) is 21.5 Å². The summed E-state index contributed by atoms with van der Waals surface area (Å²) in [5, 5.41) is 16.1. The summed E-state index contributed by atoms with van der Waals surface area (Å²) in [6.07, 6.45) is 6.93. The first-order valence-electron chi connectivity index (χ1n) is 16.2. The largest absolute Gasteiger partial charge is 0.391 e. The molecule has 3 atom stereocenters. The molecule has 0 saturated heterocycles. The minimum atomic E-state index is -1.72. The Balaban J connectivity index is 1.70. The highest BCUT2D eigenvalue weighted by Gasteiger charge is 2.59. The third kappa shape index (κ3) is 6.91. The molecule has 44 heavy (non-hydrogen) atoms. The monoisotopic (exact) mass is 609 g/mol. The van der Waals surface area contributed by atoms with E-state index in [0.29, 0.717) is 32.5 Å². The Morgan fingerprint density at radius 2 is 1.64 bits per heavy atom. The number of hydrogen-bond donors (Lipinski definition) is 3. The van der Waals surface area contributed by atoms with Crippen LogP contribution >= 0.6 is 0 Å². The lowest BCUT2D eigenvalue weighted by Crippen LogP contribution is -2.62. The highest BCUT2D eigenvalue weighted by Crippen LogP contribution is 2.51. The maximum absolute atomic E-state index is 14.6. The molecule has 2 aromatic rings. The molecule has 0 spiro atoms. The van der Waals surface area contributed by atoms with E-state index < -0.39 is 34.5 Å². The van der Waals surface area contributed by atoms with Gasteiger partial charge in [-0.2, -0.15) is 0 Å². The number of halogens is 2. The Bertz CT molecular complexity index is 1300. The first kappa shape index (κ1) is 33.8. The number of allylic oxidation sites excluding steroid dienone is 1. The number of amides is 2. The molecule has 6 nitrogen and oxygen atoms in total. The standard InChI is InChI=1S/C36H49F2N3O3/c1-4-18-41(19-5-2)33(44)34(14-11-17-40-36(15-9-10-16-36)28-12-7-6-8-13-28)23-26(3)24-35(31(34)42,32(39)43)25-27-20-29(37)22-30(38)21-27/h6-8,12-13,20-22,24,31,40,42H,4-5,9-11,14-19,23,25H2,1-3H3,(H2,39,43)/t31-,34?,35-/m1/s1. The Labute approximate surface area is 261 Å². The molecular formula is C36H49F2N3O3. The van der Waals surface area contributed by atoms with Gasteiger partial charge < -0.3 is 21.1 Å². The summed E-state index contributed by atoms with van der Waals surface area (Å²) in [6.45, 7) is 7.52. The number of carbonyl (C=O) groups excluding carboxylic acids is 2. The van der Waals surface area contributed by atoms with Crippen molar-refractivity contribution >= 4 is 11.8 Å². The summed E-state index contributed by atoms with van der Waals surface area (Å²) in [5.41, 5.74) is 5.06. The van der Waals surface area contributed by atoms with E-state index in [2.05, 4.69) is 29.6 Å². The fraction of sp³-hybridized carbons (Fsp3) is 0.556. The molecule has 2 aliphatic carbocycles. The van der Waals surface area contributed by atoms with Gasteiger partial charge in [0.1, 0.15) is 11.6 Å². The van der Waals surface area contributed by atoms with Crippen LogP contribution in [0.25, 0.3) is 0 Å². The van der Waals surface area contributed by atoms with E-state index in [-0.39, 0.29) is 29.9 Å². The lowest BCUT2D eigenvalue weighted by atomic mass is 9.57. The van der Waals surface area contributed by atoms with Crippen molar-refractivity contribution < 1.29 is 23.5 Å². The van der Waals surface area contributed by atoms with Crippen LogP contribution in [0.1, 0.15) is 89.7 Å². The molecule has 0 aliphatic heterocycles. The van der Waals surface area contributed by atoms with Crippen LogP contribution < -0.4 is 11.1 Å². The zero-order valence-electron chi connectivity index (χ0n) is 26.5. The van der Waals surface area contributed by atoms with E-state index in [4.69, 9.17) is 5.73 Å². The minimum absolute atomic E-state index is 0.131. The zero-order chi connectivity index (χ0) is 32.0. The smallest absolute Gasteiger partial charge is 0.231 e. The summed E-state index contributed by atoms with van der Waals surface area (Å²) >= 11 is 0. The first-order chi connectivity index (χ1) is 21.0. The second kappa shape index (κ2) is 14.3. The molecule has 0 heterocycles. The van der Waals surface area contributed by atoms with Gasteiger partial charge in [0.05, 0.1) is 16.9 Å². The van der Waals surface area contributed by atoms with Crippen molar-refractivity contribution in [2.75, 3.05) is 19.6 Å². The van der Waals surface area contributed by atoms with Crippen LogP contribution in [0, 0.1) is 22.5 Å². The number of aliphatic hydroxyl groups is 1. The molecule has 2 amide bonds. The van der Waals surface area contributed by atoms with Crippen molar-refractivity contribution in [1.29, 1.82) is 0 Å². The third-order valence-corrected chi connectivity index (χ3v) is 9.73. The molecule has 1 fully saturated rings. The maximum atomic E-state index is 14.6. The van der Waals surface area contributed by atoms with Gasteiger partial charge in [-0.3, -0.25) is 9.59 Å². The van der Waals surface area contributed by atoms with Crippen LogP contribution in [0.3, 0.4) is 0 Å². The molecule has 0 bridgehead atoms. The number of nitrogens with one attached hydrogen (secondary N) is 1. The molecule has 240 valence electrons. The summed E-state index contributed by atoms with van der Waals surface area (Å²) in [6, 6.07) is 13.5. The van der Waals surface area contributed by atoms with Crippen molar-refractivity contribution in [3.05, 3.63) is 82.9 Å². The van der Waals surface area contributed by atoms with Crippen LogP contribution in [0.4, 0.5) is 8.78 Å². The van der Waals surface area contributed by atoms with Gasteiger partial charge in [0, 0.05) is 24.7 Å². The highest BCUT2D eigenvalue weighted by atomic mass is 19.1. The Morgan fingerprint density at radius 1 is 1.02 bits per heavy atom. The quantitative estimate of drug-likeness (QED) is 0.177. The molecular weight excluding hydrogens is 560 g/mol. The Kier molecular flexibility index (Phi) is 11.0. The van der Waals surface area contributed by atoms with Gasteiger partial charge in [-0.05, 0) is 88.1 Å². The average molecular weight is 610 g/mol. The first-order valence-corrected chi connectivity index (χ1v) is 16.2. The van der Waals surface area contributed by atoms with Crippen molar-refractivity contribution in [2.45, 2.75) is 96.6 Å². The number of primary amides is 1. The van der Waals surface area contributed by atoms with Crippen LogP contribution in [-0.4, -0.2) is 47.6 Å². The second-order valence-electron chi connectivity index (χ2n) is 13.1. The number of benzene rings is 2. The number of carbonyl (C=O) groups is 2. The van der Waals surface area contributed by atoms with Gasteiger partial charge in [0.2, 0.25) is 11.8 Å². The van der Waals surface area contributed by atoms with Gasteiger partial charge in [-0.15, -0.1) is 0 Å². The molecule has 0 aromatic heterocycles. The van der Waals surface area contributed by atoms with E-state index in [1.807, 2.05) is 26.8 Å². The van der Waals surface area contributed by atoms with Crippen molar-refractivity contribution in [3.8, 4) is 0 Å². The lowest BCUT2D eigenvalue weighted by molar-refractivity contribution is -0.162. The number of nitrogens with two attached hydrogens (primary N) is 1. The van der Waals surface area contributed by atoms with Crippen LogP contribution in [0.5, 0.6) is 0 Å². The second-order valence-corrected chi connectivity index (χ2v) is 13.1. The molecule has 1 saturated carbocycles. The van der Waals surface area contributed by atoms with E-state index in [1.54, 1.807) is 11.0 Å². The van der Waals surface area contributed by atoms with E-state index in [9.17, 15) is 23.5 Å². The van der Waals surface area contributed by atoms with Gasteiger partial charge in [0.15, 0.2) is 0 Å². The summed E-state index contributed by atoms with van der Waals surface area (Å²) in [5.74, 6) is -2.59. The normalized spacial score (nSPS) is 24.6. The number of nitrogens with zero attached hydrogens (tertiary/aromatic N) is 1. The number of hydrogen-bond acceptors (Lipinski definition) is 4. The number of rotatable bonds is 14. The molecule has 0 radical (unpaired) electrons. The Hall–Kier alpha value is -3.10. The number of aliphatic hydroxyl groups excluding tert-OH is 1. The molecule has 1 unspecified atom stereocenters. The molecule has 4 rings (SSSR count). The summed E-state index contributed by atoms with van der Waals surface area (Å²) in [4.78, 5) is 29.7. The summed E-state index contributed by atoms with van der Waals surface area (Å²) in [7, 11) is 0. The van der Waals surface area contributed by atoms with E-state index >= 15 is 0 Å². The van der Waals surface area contributed by atoms with E-state index in [0.717, 1.165) is 62.3 Å². The minimum Gasteiger partial charge on any atom is -0.391 e. The Morgan fingerprint density at radius 3 is 2.20 bits per heavy atom. The van der Waals surface area contributed by atoms with Crippen molar-refractivity contribution in [3.63, 3.8) is 0 Å². The molecule has 2 aliphatic rings. The fourth-order valence-electron chi connectivity index (χ4n) is 7.88. The molecule has 2 aromatic carbocycles. The van der Waals surface area contributed by atoms with Gasteiger partial charge in [0.25, 0.3) is 0 Å². The topological polar surface area (TPSA) is 95.7 Å². The van der Waals surface area contributed by atoms with Crippen LogP contribution in [0.15, 0.2) is 60.2 Å². The van der Waals surface area contributed by atoms with E-state index in [1.165, 1.54) is 5.56 Å². The predicted molar refractivity (Wildman–Crippen MR) is 169 cm³/mol. The van der Waals surface area contributed by atoms with Crippen molar-refractivity contribution in [1.82, 2.24) is 10.2 Å². The lowest BCUT2D eigenvalue weighted by Gasteiger charge is -2.50. The third-order valence-electron chi connectivity index (χ3n) is 9.73. The fourth-order valence-corrected chi connectivity index (χ4v) is 7.88. The average Bonchev–Trinajstić information content (AvgIpc) is 3.47. The van der Waals surface area contributed by atoms with Gasteiger partial charge in [-0.1, -0.05) is 68.7 Å². The molecule has 8 heteroatoms.